The Bertz CT molecular complexity index is 1330. The zero-order chi connectivity index (χ0) is 31.0. The Morgan fingerprint density at radius 2 is 1.40 bits per heavy atom. The number of nitrogen functional groups attached to an aromatic ring is 2. The normalized spacial score (nSPS) is 13.4. The maximum Gasteiger partial charge on any atom is 0.410 e. The van der Waals surface area contributed by atoms with E-state index in [1.54, 1.807) is 11.0 Å². The van der Waals surface area contributed by atoms with Crippen LogP contribution in [0.2, 0.25) is 0 Å². The first-order chi connectivity index (χ1) is 19.8. The predicted octanol–water partition coefficient (Wildman–Crippen LogP) is 2.77. The third kappa shape index (κ3) is 8.59. The molecule has 42 heavy (non-hydrogen) atoms. The first-order valence-corrected chi connectivity index (χ1v) is 13.5. The fourth-order valence-corrected chi connectivity index (χ4v) is 4.26. The molecule has 0 bridgehead atoms. The Morgan fingerprint density at radius 3 is 1.88 bits per heavy atom. The highest BCUT2D eigenvalue weighted by Crippen LogP contribution is 2.34. The van der Waals surface area contributed by atoms with Crippen molar-refractivity contribution in [3.05, 3.63) is 47.5 Å². The van der Waals surface area contributed by atoms with Crippen molar-refractivity contribution in [3.8, 4) is 11.5 Å². The van der Waals surface area contributed by atoms with Crippen molar-refractivity contribution in [1.29, 1.82) is 0 Å². The number of nitrogens with two attached hydrogens (primary N) is 4. The lowest BCUT2D eigenvalue weighted by Crippen LogP contribution is -2.51. The Kier molecular flexibility index (Phi) is 10.3. The number of carbonyl (C=O) groups excluding carboxylic acids is 3. The van der Waals surface area contributed by atoms with Gasteiger partial charge in [-0.05, 0) is 57.4 Å². The summed E-state index contributed by atoms with van der Waals surface area (Å²) in [4.78, 5) is 37.1. The van der Waals surface area contributed by atoms with Crippen molar-refractivity contribution in [3.63, 3.8) is 0 Å². The summed E-state index contributed by atoms with van der Waals surface area (Å²) in [6.07, 6.45) is 4.13. The van der Waals surface area contributed by atoms with E-state index < -0.39 is 17.4 Å². The first kappa shape index (κ1) is 31.7. The number of methoxy groups -OCH3 is 1. The molecule has 0 aliphatic carbocycles. The number of ether oxygens (including phenoxy) is 3. The standard InChI is InChI=1S/C29H41N7O6/c1-29(2,3)42-28(39)36-15-17(16-36)7-10-41-23-14-19(27(33)38)12-21(31)25(23)35-9-6-5-8-34-24-20(30)11-18(26(32)37)13-22(24)40-4/h5-6,11-14,17,34-35H,7-10,15-16,30-31H2,1-4H3,(H2,32,37)(H2,33,38)/b6-5+. The van der Waals surface area contributed by atoms with Crippen LogP contribution in [0.5, 0.6) is 11.5 Å². The number of hydrogen-bond acceptors (Lipinski definition) is 10. The molecule has 1 aliphatic rings. The summed E-state index contributed by atoms with van der Waals surface area (Å²) < 4.78 is 16.7. The zero-order valence-electron chi connectivity index (χ0n) is 24.5. The summed E-state index contributed by atoms with van der Waals surface area (Å²) in [6, 6.07) is 6.07. The van der Waals surface area contributed by atoms with Gasteiger partial charge in [-0.15, -0.1) is 0 Å². The van der Waals surface area contributed by atoms with Crippen LogP contribution in [0, 0.1) is 5.92 Å². The molecule has 0 radical (unpaired) electrons. The summed E-state index contributed by atoms with van der Waals surface area (Å²) in [5, 5.41) is 6.38. The fourth-order valence-electron chi connectivity index (χ4n) is 4.26. The van der Waals surface area contributed by atoms with Gasteiger partial charge in [-0.3, -0.25) is 9.59 Å². The maximum atomic E-state index is 12.2. The fraction of sp³-hybridized carbons (Fsp3) is 0.414. The van der Waals surface area contributed by atoms with Gasteiger partial charge in [0.2, 0.25) is 11.8 Å². The molecule has 2 aromatic carbocycles. The van der Waals surface area contributed by atoms with Crippen LogP contribution in [-0.4, -0.2) is 68.3 Å². The Morgan fingerprint density at radius 1 is 0.905 bits per heavy atom. The van der Waals surface area contributed by atoms with Gasteiger partial charge in [-0.2, -0.15) is 0 Å². The molecule has 0 atom stereocenters. The second-order valence-electron chi connectivity index (χ2n) is 10.9. The summed E-state index contributed by atoms with van der Waals surface area (Å²) in [5.74, 6) is -0.128. The predicted molar refractivity (Wildman–Crippen MR) is 163 cm³/mol. The lowest BCUT2D eigenvalue weighted by molar-refractivity contribution is -0.00383. The van der Waals surface area contributed by atoms with Crippen molar-refractivity contribution in [2.75, 3.05) is 62.0 Å². The molecule has 0 spiro atoms. The molecular weight excluding hydrogens is 542 g/mol. The number of rotatable bonds is 13. The number of hydrogen-bond donors (Lipinski definition) is 6. The molecule has 10 N–H and O–H groups in total. The third-order valence-corrected chi connectivity index (χ3v) is 6.41. The van der Waals surface area contributed by atoms with Crippen molar-refractivity contribution < 1.29 is 28.6 Å². The van der Waals surface area contributed by atoms with E-state index in [9.17, 15) is 14.4 Å². The number of nitrogens with one attached hydrogen (secondary N) is 2. The molecule has 0 saturated carbocycles. The summed E-state index contributed by atoms with van der Waals surface area (Å²) in [5.41, 5.74) is 24.8. The molecular formula is C29H41N7O6. The zero-order valence-corrected chi connectivity index (χ0v) is 24.5. The van der Waals surface area contributed by atoms with E-state index in [2.05, 4.69) is 10.6 Å². The van der Waals surface area contributed by atoms with Crippen LogP contribution < -0.4 is 43.0 Å². The number of amides is 3. The van der Waals surface area contributed by atoms with Crippen LogP contribution in [0.3, 0.4) is 0 Å². The summed E-state index contributed by atoms with van der Waals surface area (Å²) in [6.45, 7) is 7.88. The molecule has 13 nitrogen and oxygen atoms in total. The quantitative estimate of drug-likeness (QED) is 0.150. The van der Waals surface area contributed by atoms with Gasteiger partial charge < -0.3 is 52.7 Å². The minimum atomic E-state index is -0.616. The van der Waals surface area contributed by atoms with Gasteiger partial charge in [0, 0.05) is 37.3 Å². The second-order valence-corrected chi connectivity index (χ2v) is 10.9. The largest absolute Gasteiger partial charge is 0.494 e. The van der Waals surface area contributed by atoms with E-state index in [-0.39, 0.29) is 23.1 Å². The number of likely N-dealkylation sites (tertiary alicyclic amines) is 1. The van der Waals surface area contributed by atoms with Crippen molar-refractivity contribution >= 4 is 40.7 Å². The lowest BCUT2D eigenvalue weighted by atomic mass is 9.97. The van der Waals surface area contributed by atoms with Gasteiger partial charge in [-0.25, -0.2) is 4.79 Å². The van der Waals surface area contributed by atoms with Gasteiger partial charge in [0.1, 0.15) is 28.5 Å². The summed E-state index contributed by atoms with van der Waals surface area (Å²) in [7, 11) is 1.48. The SMILES string of the molecule is COc1cc(C(N)=O)cc(N)c1NC/C=C/CNc1c(N)cc(C(N)=O)cc1OCCC1CN(C(=O)OC(C)(C)C)C1. The van der Waals surface area contributed by atoms with Crippen LogP contribution in [0.25, 0.3) is 0 Å². The van der Waals surface area contributed by atoms with E-state index in [1.807, 2.05) is 32.9 Å². The van der Waals surface area contributed by atoms with Crippen molar-refractivity contribution in [1.82, 2.24) is 4.90 Å². The van der Waals surface area contributed by atoms with E-state index in [0.29, 0.717) is 73.5 Å². The van der Waals surface area contributed by atoms with Gasteiger partial charge in [0.15, 0.2) is 0 Å². The highest BCUT2D eigenvalue weighted by molar-refractivity contribution is 5.97. The van der Waals surface area contributed by atoms with E-state index in [0.717, 1.165) is 0 Å². The first-order valence-electron chi connectivity index (χ1n) is 13.5. The highest BCUT2D eigenvalue weighted by Gasteiger charge is 2.33. The Balaban J connectivity index is 1.54. The topological polar surface area (TPSA) is 210 Å². The molecule has 3 amide bonds. The molecule has 1 saturated heterocycles. The number of benzene rings is 2. The van der Waals surface area contributed by atoms with Gasteiger partial charge in [-0.1, -0.05) is 12.2 Å². The molecule has 1 aliphatic heterocycles. The monoisotopic (exact) mass is 583 g/mol. The van der Waals surface area contributed by atoms with E-state index >= 15 is 0 Å². The van der Waals surface area contributed by atoms with Gasteiger partial charge in [0.05, 0.1) is 25.1 Å². The molecule has 13 heteroatoms. The summed E-state index contributed by atoms with van der Waals surface area (Å²) >= 11 is 0. The van der Waals surface area contributed by atoms with Crippen LogP contribution >= 0.6 is 0 Å². The number of carbonyl (C=O) groups is 3. The third-order valence-electron chi connectivity index (χ3n) is 6.41. The Hall–Kier alpha value is -4.81. The Labute approximate surface area is 245 Å². The molecule has 0 aromatic heterocycles. The maximum absolute atomic E-state index is 12.2. The van der Waals surface area contributed by atoms with E-state index in [4.69, 9.17) is 37.1 Å². The molecule has 0 unspecified atom stereocenters. The number of primary amides is 2. The molecule has 1 heterocycles. The van der Waals surface area contributed by atoms with Crippen LogP contribution in [0.4, 0.5) is 27.5 Å². The van der Waals surface area contributed by atoms with Gasteiger partial charge in [0.25, 0.3) is 0 Å². The molecule has 1 fully saturated rings. The molecule has 3 rings (SSSR count). The average molecular weight is 584 g/mol. The smallest absolute Gasteiger partial charge is 0.410 e. The molecule has 2 aromatic rings. The minimum Gasteiger partial charge on any atom is -0.494 e. The van der Waals surface area contributed by atoms with E-state index in [1.165, 1.54) is 25.3 Å². The second kappa shape index (κ2) is 13.7. The highest BCUT2D eigenvalue weighted by atomic mass is 16.6. The van der Waals surface area contributed by atoms with Crippen molar-refractivity contribution in [2.24, 2.45) is 17.4 Å². The van der Waals surface area contributed by atoms with Crippen LogP contribution in [0.1, 0.15) is 47.9 Å². The van der Waals surface area contributed by atoms with Crippen LogP contribution in [-0.2, 0) is 4.74 Å². The van der Waals surface area contributed by atoms with Crippen molar-refractivity contribution in [2.45, 2.75) is 32.8 Å². The number of nitrogens with zero attached hydrogens (tertiary/aromatic N) is 1. The minimum absolute atomic E-state index is 0.237. The van der Waals surface area contributed by atoms with Crippen LogP contribution in [0.15, 0.2) is 36.4 Å². The average Bonchev–Trinajstić information content (AvgIpc) is 2.87. The molecule has 228 valence electrons. The van der Waals surface area contributed by atoms with Gasteiger partial charge >= 0.3 is 6.09 Å². The lowest BCUT2D eigenvalue weighted by Gasteiger charge is -2.39. The number of anilines is 4.